The molecule has 3 fully saturated rings. The molecule has 8 heteroatoms. The average molecular weight is 409 g/mol. The summed E-state index contributed by atoms with van der Waals surface area (Å²) in [4.78, 5) is 31.5. The van der Waals surface area contributed by atoms with Gasteiger partial charge >= 0.3 is 6.18 Å². The number of amides is 2. The first-order chi connectivity index (χ1) is 13.7. The van der Waals surface area contributed by atoms with Gasteiger partial charge in [0.15, 0.2) is 0 Å². The number of piperazine rings is 1. The van der Waals surface area contributed by atoms with Gasteiger partial charge in [-0.2, -0.15) is 13.2 Å². The highest BCUT2D eigenvalue weighted by Crippen LogP contribution is 2.40. The topological polar surface area (TPSA) is 43.9 Å². The maximum atomic E-state index is 13.3. The number of halogens is 3. The lowest BCUT2D eigenvalue weighted by atomic mass is 9.87. The molecule has 2 atom stereocenters. The van der Waals surface area contributed by atoms with Gasteiger partial charge in [0.1, 0.15) is 0 Å². The number of hydrogen-bond donors (Lipinski definition) is 0. The molecule has 0 radical (unpaired) electrons. The maximum Gasteiger partial charge on any atom is 0.416 e. The first-order valence-corrected chi connectivity index (χ1v) is 10.2. The van der Waals surface area contributed by atoms with E-state index in [1.54, 1.807) is 15.9 Å². The highest BCUT2D eigenvalue weighted by molar-refractivity contribution is 5.85. The molecule has 1 aliphatic carbocycles. The van der Waals surface area contributed by atoms with Gasteiger partial charge in [0, 0.05) is 51.1 Å². The molecule has 1 aromatic carbocycles. The van der Waals surface area contributed by atoms with Crippen molar-refractivity contribution in [3.05, 3.63) is 35.4 Å². The van der Waals surface area contributed by atoms with Gasteiger partial charge in [0.25, 0.3) is 0 Å². The zero-order valence-electron chi connectivity index (χ0n) is 16.5. The third-order valence-electron chi connectivity index (χ3n) is 6.33. The van der Waals surface area contributed by atoms with E-state index in [1.807, 2.05) is 7.05 Å². The number of carbonyl (C=O) groups excluding carboxylic acids is 2. The van der Waals surface area contributed by atoms with Crippen LogP contribution < -0.4 is 0 Å². The van der Waals surface area contributed by atoms with Gasteiger partial charge in [-0.15, -0.1) is 0 Å². The Morgan fingerprint density at radius 2 is 1.66 bits per heavy atom. The Morgan fingerprint density at radius 1 is 0.966 bits per heavy atom. The number of hydrogen-bond acceptors (Lipinski definition) is 3. The van der Waals surface area contributed by atoms with Gasteiger partial charge in [-0.25, -0.2) is 0 Å². The molecule has 2 heterocycles. The Hall–Kier alpha value is -2.09. The molecule has 5 nitrogen and oxygen atoms in total. The maximum absolute atomic E-state index is 13.3. The van der Waals surface area contributed by atoms with Gasteiger partial charge in [-0.1, -0.05) is 18.2 Å². The molecule has 4 rings (SSSR count). The second kappa shape index (κ2) is 7.63. The van der Waals surface area contributed by atoms with E-state index in [4.69, 9.17) is 0 Å². The molecule has 0 bridgehead atoms. The van der Waals surface area contributed by atoms with E-state index in [1.165, 1.54) is 6.07 Å². The van der Waals surface area contributed by atoms with Crippen LogP contribution in [0.15, 0.2) is 24.3 Å². The normalized spacial score (nSPS) is 26.1. The number of benzene rings is 1. The number of likely N-dealkylation sites (tertiary alicyclic amines) is 1. The highest BCUT2D eigenvalue weighted by atomic mass is 19.4. The minimum atomic E-state index is -4.44. The third-order valence-corrected chi connectivity index (χ3v) is 6.33. The molecule has 1 aromatic rings. The summed E-state index contributed by atoms with van der Waals surface area (Å²) in [6.45, 7) is 3.37. The largest absolute Gasteiger partial charge is 0.416 e. The lowest BCUT2D eigenvalue weighted by Crippen LogP contribution is -2.50. The molecule has 158 valence electrons. The van der Waals surface area contributed by atoms with E-state index in [0.717, 1.165) is 38.1 Å². The first kappa shape index (κ1) is 20.2. The second-order valence-electron chi connectivity index (χ2n) is 8.48. The van der Waals surface area contributed by atoms with Crippen LogP contribution in [0.3, 0.4) is 0 Å². The predicted octanol–water partition coefficient (Wildman–Crippen LogP) is 2.43. The minimum absolute atomic E-state index is 0.0228. The van der Waals surface area contributed by atoms with Crippen LogP contribution in [0.2, 0.25) is 0 Å². The van der Waals surface area contributed by atoms with E-state index in [-0.39, 0.29) is 17.7 Å². The average Bonchev–Trinajstić information content (AvgIpc) is 3.45. The lowest BCUT2D eigenvalue weighted by molar-refractivity contribution is -0.138. The van der Waals surface area contributed by atoms with Gasteiger partial charge in [0.05, 0.1) is 11.5 Å². The summed E-state index contributed by atoms with van der Waals surface area (Å²) in [6.07, 6.45) is -2.71. The third kappa shape index (κ3) is 4.27. The molecule has 2 saturated heterocycles. The van der Waals surface area contributed by atoms with Gasteiger partial charge in [-0.3, -0.25) is 9.59 Å². The molecule has 0 spiro atoms. The Balaban J connectivity index is 1.59. The van der Waals surface area contributed by atoms with E-state index in [0.29, 0.717) is 31.7 Å². The van der Waals surface area contributed by atoms with Crippen LogP contribution in [0.1, 0.15) is 29.9 Å². The summed E-state index contributed by atoms with van der Waals surface area (Å²) in [5.74, 6) is -0.895. The van der Waals surface area contributed by atoms with Crippen molar-refractivity contribution in [2.75, 3.05) is 46.3 Å². The van der Waals surface area contributed by atoms with Crippen LogP contribution in [0.25, 0.3) is 0 Å². The fourth-order valence-electron chi connectivity index (χ4n) is 4.37. The van der Waals surface area contributed by atoms with Crippen LogP contribution in [-0.2, 0) is 15.8 Å². The van der Waals surface area contributed by atoms with Crippen molar-refractivity contribution in [1.29, 1.82) is 0 Å². The SMILES string of the molecule is CN1CCN(C(=O)[C@H]2CN(C(=O)C3CC3)C[C@@H]2c2cccc(C(F)(F)F)c2)CC1. The van der Waals surface area contributed by atoms with Gasteiger partial charge in [0.2, 0.25) is 11.8 Å². The Labute approximate surface area is 168 Å². The smallest absolute Gasteiger partial charge is 0.341 e. The van der Waals surface area contributed by atoms with E-state index >= 15 is 0 Å². The lowest BCUT2D eigenvalue weighted by Gasteiger charge is -2.35. The zero-order chi connectivity index (χ0) is 20.8. The summed E-state index contributed by atoms with van der Waals surface area (Å²) in [7, 11) is 2.00. The molecule has 0 aromatic heterocycles. The first-order valence-electron chi connectivity index (χ1n) is 10.2. The predicted molar refractivity (Wildman–Crippen MR) is 101 cm³/mol. The number of carbonyl (C=O) groups is 2. The van der Waals surface area contributed by atoms with Crippen molar-refractivity contribution in [3.8, 4) is 0 Å². The molecular formula is C21H26F3N3O2. The molecule has 2 amide bonds. The van der Waals surface area contributed by atoms with Crippen molar-refractivity contribution < 1.29 is 22.8 Å². The molecular weight excluding hydrogens is 383 g/mol. The molecule has 2 aliphatic heterocycles. The Bertz CT molecular complexity index is 786. The van der Waals surface area contributed by atoms with E-state index < -0.39 is 23.6 Å². The van der Waals surface area contributed by atoms with Crippen molar-refractivity contribution in [1.82, 2.24) is 14.7 Å². The molecule has 29 heavy (non-hydrogen) atoms. The van der Waals surface area contributed by atoms with Crippen LogP contribution in [0.5, 0.6) is 0 Å². The monoisotopic (exact) mass is 409 g/mol. The Morgan fingerprint density at radius 3 is 2.28 bits per heavy atom. The summed E-state index contributed by atoms with van der Waals surface area (Å²) in [5, 5.41) is 0. The quantitative estimate of drug-likeness (QED) is 0.770. The number of nitrogens with zero attached hydrogens (tertiary/aromatic N) is 3. The zero-order valence-corrected chi connectivity index (χ0v) is 16.5. The van der Waals surface area contributed by atoms with Crippen molar-refractivity contribution >= 4 is 11.8 Å². The summed E-state index contributed by atoms with van der Waals surface area (Å²) in [6, 6.07) is 5.22. The van der Waals surface area contributed by atoms with Crippen LogP contribution in [0, 0.1) is 11.8 Å². The summed E-state index contributed by atoms with van der Waals surface area (Å²) >= 11 is 0. The summed E-state index contributed by atoms with van der Waals surface area (Å²) < 4.78 is 39.6. The fourth-order valence-corrected chi connectivity index (χ4v) is 4.37. The van der Waals surface area contributed by atoms with E-state index in [2.05, 4.69) is 4.90 Å². The molecule has 0 unspecified atom stereocenters. The number of alkyl halides is 3. The van der Waals surface area contributed by atoms with Crippen molar-refractivity contribution in [3.63, 3.8) is 0 Å². The molecule has 1 saturated carbocycles. The fraction of sp³-hybridized carbons (Fsp3) is 0.619. The van der Waals surface area contributed by atoms with Crippen LogP contribution in [0.4, 0.5) is 13.2 Å². The highest BCUT2D eigenvalue weighted by Gasteiger charge is 2.45. The minimum Gasteiger partial charge on any atom is -0.341 e. The van der Waals surface area contributed by atoms with Crippen molar-refractivity contribution in [2.45, 2.75) is 24.9 Å². The van der Waals surface area contributed by atoms with Gasteiger partial charge < -0.3 is 14.7 Å². The van der Waals surface area contributed by atoms with Crippen LogP contribution in [-0.4, -0.2) is 72.8 Å². The summed E-state index contributed by atoms with van der Waals surface area (Å²) in [5.41, 5.74) is -0.230. The number of rotatable bonds is 3. The molecule has 0 N–H and O–H groups in total. The van der Waals surface area contributed by atoms with Gasteiger partial charge in [-0.05, 0) is 31.5 Å². The standard InChI is InChI=1S/C21H26F3N3O2/c1-25-7-9-26(10-8-25)20(29)18-13-27(19(28)14-5-6-14)12-17(18)15-3-2-4-16(11-15)21(22,23)24/h2-4,11,14,17-18H,5-10,12-13H2,1H3/t17-,18+/m1/s1. The van der Waals surface area contributed by atoms with Crippen molar-refractivity contribution in [2.24, 2.45) is 11.8 Å². The number of likely N-dealkylation sites (N-methyl/N-ethyl adjacent to an activating group) is 1. The molecule has 3 aliphatic rings. The second-order valence-corrected chi connectivity index (χ2v) is 8.48. The Kier molecular flexibility index (Phi) is 5.31. The van der Waals surface area contributed by atoms with E-state index in [9.17, 15) is 22.8 Å². The van der Waals surface area contributed by atoms with Crippen LogP contribution >= 0.6 is 0 Å².